The minimum absolute atomic E-state index is 0.173. The van der Waals surface area contributed by atoms with Crippen molar-refractivity contribution in [2.75, 3.05) is 18.1 Å². The first-order valence-electron chi connectivity index (χ1n) is 7.62. The fourth-order valence-corrected chi connectivity index (χ4v) is 2.71. The highest BCUT2D eigenvalue weighted by Crippen LogP contribution is 2.20. The number of hydrogen-bond acceptors (Lipinski definition) is 7. The van der Waals surface area contributed by atoms with Gasteiger partial charge in [-0.2, -0.15) is 0 Å². The molecule has 0 aromatic carbocycles. The van der Waals surface area contributed by atoms with E-state index >= 15 is 0 Å². The van der Waals surface area contributed by atoms with Crippen LogP contribution < -0.4 is 16.4 Å². The van der Waals surface area contributed by atoms with Gasteiger partial charge in [0.25, 0.3) is 5.91 Å². The van der Waals surface area contributed by atoms with Crippen molar-refractivity contribution in [3.63, 3.8) is 0 Å². The molecule has 0 radical (unpaired) electrons. The van der Waals surface area contributed by atoms with Crippen LogP contribution in [0.2, 0.25) is 0 Å². The van der Waals surface area contributed by atoms with Crippen molar-refractivity contribution in [1.29, 1.82) is 0 Å². The van der Waals surface area contributed by atoms with Gasteiger partial charge in [-0.15, -0.1) is 0 Å². The van der Waals surface area contributed by atoms with Gasteiger partial charge in [0.2, 0.25) is 5.91 Å². The highest BCUT2D eigenvalue weighted by atomic mass is 32.2. The van der Waals surface area contributed by atoms with Crippen molar-refractivity contribution < 1.29 is 18.0 Å². The molecule has 4 N–H and O–H groups in total. The molecule has 0 fully saturated rings. The summed E-state index contributed by atoms with van der Waals surface area (Å²) in [7, 11) is -3.59. The van der Waals surface area contributed by atoms with E-state index in [0.29, 0.717) is 11.1 Å². The molecule has 2 rings (SSSR count). The quantitative estimate of drug-likeness (QED) is 0.628. The first-order chi connectivity index (χ1) is 12.2. The van der Waals surface area contributed by atoms with Crippen molar-refractivity contribution in [3.8, 4) is 0 Å². The van der Waals surface area contributed by atoms with E-state index < -0.39 is 21.8 Å². The standard InChI is InChI=1S/C16H19N5O4S/c1-10(20-16(23)11-3-5-18-6-4-11)12-7-14(19-9-13(17)22)21-15(8-12)26(2,24)25/h3-8,10H,9H2,1-2H3,(H2,17,22)(H,19,21)(H,20,23)/t10-/m0/s1. The highest BCUT2D eigenvalue weighted by molar-refractivity contribution is 7.90. The predicted molar refractivity (Wildman–Crippen MR) is 95.1 cm³/mol. The van der Waals surface area contributed by atoms with Crippen molar-refractivity contribution in [2.45, 2.75) is 18.0 Å². The average molecular weight is 377 g/mol. The van der Waals surface area contributed by atoms with Crippen molar-refractivity contribution in [3.05, 3.63) is 47.8 Å². The van der Waals surface area contributed by atoms with Crippen LogP contribution in [0.3, 0.4) is 0 Å². The number of sulfone groups is 1. The summed E-state index contributed by atoms with van der Waals surface area (Å²) < 4.78 is 23.7. The van der Waals surface area contributed by atoms with Gasteiger partial charge in [-0.25, -0.2) is 13.4 Å². The first kappa shape index (κ1) is 19.3. The van der Waals surface area contributed by atoms with Crippen LogP contribution in [0.5, 0.6) is 0 Å². The van der Waals surface area contributed by atoms with Crippen LogP contribution in [0, 0.1) is 0 Å². The van der Waals surface area contributed by atoms with E-state index in [1.807, 2.05) is 0 Å². The van der Waals surface area contributed by atoms with Gasteiger partial charge in [-0.05, 0) is 36.8 Å². The Morgan fingerprint density at radius 2 is 1.88 bits per heavy atom. The molecule has 2 aromatic heterocycles. The van der Waals surface area contributed by atoms with Gasteiger partial charge in [0.05, 0.1) is 12.6 Å². The number of carbonyl (C=O) groups is 2. The fraction of sp³-hybridized carbons (Fsp3) is 0.250. The maximum Gasteiger partial charge on any atom is 0.251 e. The normalized spacial score (nSPS) is 12.2. The van der Waals surface area contributed by atoms with E-state index in [1.165, 1.54) is 18.5 Å². The molecular weight excluding hydrogens is 358 g/mol. The summed E-state index contributed by atoms with van der Waals surface area (Å²) >= 11 is 0. The highest BCUT2D eigenvalue weighted by Gasteiger charge is 2.17. The second-order valence-electron chi connectivity index (χ2n) is 5.65. The maximum atomic E-state index is 12.3. The number of hydrogen-bond donors (Lipinski definition) is 3. The van der Waals surface area contributed by atoms with E-state index in [2.05, 4.69) is 20.6 Å². The van der Waals surface area contributed by atoms with Crippen LogP contribution in [-0.2, 0) is 14.6 Å². The van der Waals surface area contributed by atoms with E-state index in [1.54, 1.807) is 25.1 Å². The maximum absolute atomic E-state index is 12.3. The smallest absolute Gasteiger partial charge is 0.251 e. The number of amides is 2. The van der Waals surface area contributed by atoms with Crippen molar-refractivity contribution in [1.82, 2.24) is 15.3 Å². The number of anilines is 1. The summed E-state index contributed by atoms with van der Waals surface area (Å²) in [6.45, 7) is 1.51. The number of carbonyl (C=O) groups excluding carboxylic acids is 2. The molecule has 26 heavy (non-hydrogen) atoms. The minimum Gasteiger partial charge on any atom is -0.368 e. The number of pyridine rings is 2. The van der Waals surface area contributed by atoms with E-state index in [9.17, 15) is 18.0 Å². The SMILES string of the molecule is C[C@H](NC(=O)c1ccncc1)c1cc(NCC(N)=O)nc(S(C)(=O)=O)c1. The summed E-state index contributed by atoms with van der Waals surface area (Å²) in [6.07, 6.45) is 4.02. The van der Waals surface area contributed by atoms with Gasteiger partial charge >= 0.3 is 0 Å². The molecule has 0 saturated carbocycles. The Morgan fingerprint density at radius 3 is 2.46 bits per heavy atom. The zero-order chi connectivity index (χ0) is 19.3. The molecule has 0 aliphatic heterocycles. The molecule has 0 aliphatic carbocycles. The predicted octanol–water partition coefficient (Wildman–Crippen LogP) is 0.268. The van der Waals surface area contributed by atoms with Crippen molar-refractivity contribution >= 4 is 27.5 Å². The Kier molecular flexibility index (Phi) is 5.88. The monoisotopic (exact) mass is 377 g/mol. The van der Waals surface area contributed by atoms with E-state index in [-0.39, 0.29) is 23.3 Å². The Hall–Kier alpha value is -3.01. The van der Waals surface area contributed by atoms with Crippen LogP contribution >= 0.6 is 0 Å². The number of rotatable bonds is 7. The zero-order valence-corrected chi connectivity index (χ0v) is 15.1. The molecule has 2 heterocycles. The van der Waals surface area contributed by atoms with Gasteiger partial charge in [0.1, 0.15) is 5.82 Å². The molecule has 1 atom stereocenters. The second-order valence-corrected chi connectivity index (χ2v) is 7.61. The minimum atomic E-state index is -3.59. The second kappa shape index (κ2) is 7.91. The lowest BCUT2D eigenvalue weighted by atomic mass is 10.1. The molecule has 0 bridgehead atoms. The molecule has 9 nitrogen and oxygen atoms in total. The summed E-state index contributed by atoms with van der Waals surface area (Å²) in [5.41, 5.74) is 6.02. The van der Waals surface area contributed by atoms with Crippen LogP contribution in [-0.4, -0.2) is 43.0 Å². The third-order valence-electron chi connectivity index (χ3n) is 3.44. The molecule has 0 spiro atoms. The van der Waals surface area contributed by atoms with Crippen molar-refractivity contribution in [2.24, 2.45) is 5.73 Å². The van der Waals surface area contributed by atoms with Gasteiger partial charge in [-0.1, -0.05) is 0 Å². The lowest BCUT2D eigenvalue weighted by molar-refractivity contribution is -0.116. The summed E-state index contributed by atoms with van der Waals surface area (Å²) in [5.74, 6) is -0.770. The van der Waals surface area contributed by atoms with Crippen LogP contribution in [0.25, 0.3) is 0 Å². The Labute approximate surface area is 151 Å². The number of aromatic nitrogens is 2. The Morgan fingerprint density at radius 1 is 1.23 bits per heavy atom. The lowest BCUT2D eigenvalue weighted by Gasteiger charge is -2.16. The van der Waals surface area contributed by atoms with Gasteiger partial charge in [-0.3, -0.25) is 14.6 Å². The third-order valence-corrected chi connectivity index (χ3v) is 4.41. The summed E-state index contributed by atoms with van der Waals surface area (Å²) in [4.78, 5) is 31.0. The molecule has 138 valence electrons. The molecule has 0 saturated heterocycles. The Balaban J connectivity index is 2.29. The van der Waals surface area contributed by atoms with Crippen LogP contribution in [0.15, 0.2) is 41.7 Å². The number of nitrogens with zero attached hydrogens (tertiary/aromatic N) is 2. The molecule has 0 aliphatic rings. The van der Waals surface area contributed by atoms with Gasteiger partial charge in [0.15, 0.2) is 14.9 Å². The van der Waals surface area contributed by atoms with E-state index in [4.69, 9.17) is 5.73 Å². The summed E-state index contributed by atoms with van der Waals surface area (Å²) in [6, 6.07) is 5.55. The average Bonchev–Trinajstić information content (AvgIpc) is 2.59. The molecular formula is C16H19N5O4S. The molecule has 0 unspecified atom stereocenters. The molecule has 10 heteroatoms. The largest absolute Gasteiger partial charge is 0.368 e. The van der Waals surface area contributed by atoms with Crippen LogP contribution in [0.4, 0.5) is 5.82 Å². The molecule has 2 aromatic rings. The first-order valence-corrected chi connectivity index (χ1v) is 9.51. The Bertz CT molecular complexity index is 915. The third kappa shape index (κ3) is 5.24. The number of nitrogens with one attached hydrogen (secondary N) is 2. The summed E-state index contributed by atoms with van der Waals surface area (Å²) in [5, 5.41) is 5.27. The number of nitrogens with two attached hydrogens (primary N) is 1. The number of primary amides is 1. The lowest BCUT2D eigenvalue weighted by Crippen LogP contribution is -2.27. The topological polar surface area (TPSA) is 144 Å². The van der Waals surface area contributed by atoms with Gasteiger partial charge in [0, 0.05) is 24.2 Å². The zero-order valence-electron chi connectivity index (χ0n) is 14.3. The van der Waals surface area contributed by atoms with Crippen LogP contribution in [0.1, 0.15) is 28.9 Å². The molecule has 2 amide bonds. The fourth-order valence-electron chi connectivity index (χ4n) is 2.10. The van der Waals surface area contributed by atoms with E-state index in [0.717, 1.165) is 6.26 Å². The van der Waals surface area contributed by atoms with Gasteiger partial charge < -0.3 is 16.4 Å².